The summed E-state index contributed by atoms with van der Waals surface area (Å²) in [4.78, 5) is 2.71. The smallest absolute Gasteiger partial charge is 0.0223 e. The number of thiophene rings is 1. The molecule has 1 aliphatic heterocycles. The average molecular weight is 264 g/mol. The van der Waals surface area contributed by atoms with Gasteiger partial charge in [-0.1, -0.05) is 0 Å². The number of rotatable bonds is 4. The Balaban J connectivity index is 1.58. The van der Waals surface area contributed by atoms with Crippen LogP contribution in [0.1, 0.15) is 31.7 Å². The van der Waals surface area contributed by atoms with Gasteiger partial charge in [0, 0.05) is 18.6 Å². The van der Waals surface area contributed by atoms with Crippen molar-refractivity contribution < 1.29 is 0 Å². The van der Waals surface area contributed by atoms with Gasteiger partial charge in [0.2, 0.25) is 0 Å². The zero-order valence-electron chi connectivity index (χ0n) is 11.3. The van der Waals surface area contributed by atoms with Gasteiger partial charge in [-0.2, -0.15) is 11.3 Å². The molecule has 2 heterocycles. The van der Waals surface area contributed by atoms with Crippen molar-refractivity contribution in [2.24, 2.45) is 5.92 Å². The van der Waals surface area contributed by atoms with Crippen molar-refractivity contribution in [2.45, 2.75) is 44.7 Å². The number of nitrogens with one attached hydrogen (secondary N) is 1. The molecule has 1 N–H and O–H groups in total. The van der Waals surface area contributed by atoms with Gasteiger partial charge in [-0.25, -0.2) is 0 Å². The van der Waals surface area contributed by atoms with Crippen LogP contribution in [0, 0.1) is 5.92 Å². The summed E-state index contributed by atoms with van der Waals surface area (Å²) < 4.78 is 0. The van der Waals surface area contributed by atoms with Gasteiger partial charge < -0.3 is 5.32 Å². The van der Waals surface area contributed by atoms with Crippen molar-refractivity contribution in [3.05, 3.63) is 22.4 Å². The van der Waals surface area contributed by atoms with Crippen LogP contribution in [0.5, 0.6) is 0 Å². The third-order valence-corrected chi connectivity index (χ3v) is 5.12. The van der Waals surface area contributed by atoms with Gasteiger partial charge >= 0.3 is 0 Å². The van der Waals surface area contributed by atoms with Crippen LogP contribution in [0.3, 0.4) is 0 Å². The van der Waals surface area contributed by atoms with Crippen LogP contribution in [-0.2, 0) is 6.42 Å². The van der Waals surface area contributed by atoms with Crippen LogP contribution in [0.4, 0.5) is 0 Å². The van der Waals surface area contributed by atoms with Crippen LogP contribution >= 0.6 is 11.3 Å². The Morgan fingerprint density at radius 3 is 3.11 bits per heavy atom. The van der Waals surface area contributed by atoms with E-state index in [9.17, 15) is 0 Å². The highest BCUT2D eigenvalue weighted by atomic mass is 32.1. The van der Waals surface area contributed by atoms with Crippen LogP contribution in [0.25, 0.3) is 0 Å². The summed E-state index contributed by atoms with van der Waals surface area (Å²) in [5, 5.41) is 8.24. The fraction of sp³-hybridized carbons (Fsp3) is 0.733. The Morgan fingerprint density at radius 1 is 1.50 bits per heavy atom. The molecule has 0 bridgehead atoms. The topological polar surface area (TPSA) is 15.3 Å². The molecule has 2 aliphatic rings. The van der Waals surface area contributed by atoms with E-state index in [4.69, 9.17) is 0 Å². The first-order valence-electron chi connectivity index (χ1n) is 7.31. The van der Waals surface area contributed by atoms with Gasteiger partial charge in [-0.3, -0.25) is 4.90 Å². The van der Waals surface area contributed by atoms with Crippen LogP contribution < -0.4 is 5.32 Å². The second-order valence-electron chi connectivity index (χ2n) is 5.93. The lowest BCUT2D eigenvalue weighted by Crippen LogP contribution is -2.43. The van der Waals surface area contributed by atoms with E-state index in [1.165, 1.54) is 50.9 Å². The van der Waals surface area contributed by atoms with Crippen molar-refractivity contribution in [2.75, 3.05) is 19.6 Å². The Hall–Kier alpha value is -0.380. The molecule has 2 unspecified atom stereocenters. The third kappa shape index (κ3) is 3.14. The summed E-state index contributed by atoms with van der Waals surface area (Å²) in [6.07, 6.45) is 5.41. The summed E-state index contributed by atoms with van der Waals surface area (Å²) in [5.74, 6) is 0.971. The van der Waals surface area contributed by atoms with E-state index in [0.717, 1.165) is 12.0 Å². The summed E-state index contributed by atoms with van der Waals surface area (Å²) in [6.45, 7) is 6.13. The zero-order valence-corrected chi connectivity index (χ0v) is 12.1. The van der Waals surface area contributed by atoms with E-state index >= 15 is 0 Å². The SMILES string of the molecule is CC(Cc1ccsc1)N1CCCNC(C2CC2)C1. The third-order valence-electron chi connectivity index (χ3n) is 4.39. The van der Waals surface area contributed by atoms with E-state index in [1.54, 1.807) is 0 Å². The van der Waals surface area contributed by atoms with Gasteiger partial charge in [0.25, 0.3) is 0 Å². The molecular formula is C15H24N2S. The van der Waals surface area contributed by atoms with E-state index in [-0.39, 0.29) is 0 Å². The fourth-order valence-electron chi connectivity index (χ4n) is 3.07. The zero-order chi connectivity index (χ0) is 12.4. The van der Waals surface area contributed by atoms with Crippen molar-refractivity contribution in [3.8, 4) is 0 Å². The minimum absolute atomic E-state index is 0.681. The van der Waals surface area contributed by atoms with Crippen LogP contribution in [0.15, 0.2) is 16.8 Å². The number of hydrogen-bond donors (Lipinski definition) is 1. The molecule has 0 amide bonds. The lowest BCUT2D eigenvalue weighted by atomic mass is 10.1. The second kappa shape index (κ2) is 5.72. The molecule has 100 valence electrons. The van der Waals surface area contributed by atoms with Crippen LogP contribution in [-0.4, -0.2) is 36.6 Å². The molecule has 1 aliphatic carbocycles. The van der Waals surface area contributed by atoms with Gasteiger partial charge in [0.05, 0.1) is 0 Å². The molecule has 1 aromatic rings. The largest absolute Gasteiger partial charge is 0.312 e. The highest BCUT2D eigenvalue weighted by Gasteiger charge is 2.33. The fourth-order valence-corrected chi connectivity index (χ4v) is 3.75. The van der Waals surface area contributed by atoms with Crippen LogP contribution in [0.2, 0.25) is 0 Å². The molecule has 1 saturated carbocycles. The summed E-state index contributed by atoms with van der Waals surface area (Å²) in [6, 6.07) is 3.72. The normalized spacial score (nSPS) is 27.9. The highest BCUT2D eigenvalue weighted by molar-refractivity contribution is 7.07. The molecule has 1 saturated heterocycles. The molecule has 1 aromatic heterocycles. The van der Waals surface area contributed by atoms with E-state index in [1.807, 2.05) is 11.3 Å². The first-order valence-corrected chi connectivity index (χ1v) is 8.26. The van der Waals surface area contributed by atoms with Gasteiger partial charge in [-0.15, -0.1) is 0 Å². The molecule has 0 aromatic carbocycles. The lowest BCUT2D eigenvalue weighted by molar-refractivity contribution is 0.198. The Morgan fingerprint density at radius 2 is 2.39 bits per heavy atom. The van der Waals surface area contributed by atoms with Crippen molar-refractivity contribution in [1.82, 2.24) is 10.2 Å². The first-order chi connectivity index (χ1) is 8.83. The average Bonchev–Trinajstić information content (AvgIpc) is 3.13. The summed E-state index contributed by atoms with van der Waals surface area (Å²) in [7, 11) is 0. The van der Waals surface area contributed by atoms with E-state index < -0.39 is 0 Å². The molecule has 3 rings (SSSR count). The van der Waals surface area contributed by atoms with Crippen molar-refractivity contribution in [3.63, 3.8) is 0 Å². The number of nitrogens with zero attached hydrogens (tertiary/aromatic N) is 1. The minimum atomic E-state index is 0.681. The van der Waals surface area contributed by atoms with Crippen molar-refractivity contribution in [1.29, 1.82) is 0 Å². The monoisotopic (exact) mass is 264 g/mol. The minimum Gasteiger partial charge on any atom is -0.312 e. The van der Waals surface area contributed by atoms with Gasteiger partial charge in [0.1, 0.15) is 0 Å². The highest BCUT2D eigenvalue weighted by Crippen LogP contribution is 2.33. The predicted molar refractivity (Wildman–Crippen MR) is 78.2 cm³/mol. The molecule has 0 radical (unpaired) electrons. The van der Waals surface area contributed by atoms with Gasteiger partial charge in [-0.05, 0) is 74.0 Å². The maximum Gasteiger partial charge on any atom is 0.0223 e. The second-order valence-corrected chi connectivity index (χ2v) is 6.71. The molecule has 3 heteroatoms. The molecule has 18 heavy (non-hydrogen) atoms. The Labute approximate surface area is 114 Å². The van der Waals surface area contributed by atoms with E-state index in [0.29, 0.717) is 6.04 Å². The molecule has 2 fully saturated rings. The summed E-state index contributed by atoms with van der Waals surface area (Å²) in [5.41, 5.74) is 1.51. The predicted octanol–water partition coefficient (Wildman–Crippen LogP) is 2.75. The lowest BCUT2D eigenvalue weighted by Gasteiger charge is -2.30. The Kier molecular flexibility index (Phi) is 4.02. The molecule has 0 spiro atoms. The summed E-state index contributed by atoms with van der Waals surface area (Å²) >= 11 is 1.82. The Bertz CT molecular complexity index is 359. The molecule has 2 atom stereocenters. The maximum absolute atomic E-state index is 3.75. The van der Waals surface area contributed by atoms with Crippen molar-refractivity contribution >= 4 is 11.3 Å². The standard InChI is InChI=1S/C15H24N2S/c1-12(9-13-5-8-18-11-13)17-7-2-6-16-15(10-17)14-3-4-14/h5,8,11-12,14-16H,2-4,6-7,9-10H2,1H3. The molecule has 2 nitrogen and oxygen atoms in total. The quantitative estimate of drug-likeness (QED) is 0.899. The first kappa shape index (κ1) is 12.6. The van der Waals surface area contributed by atoms with Gasteiger partial charge in [0.15, 0.2) is 0 Å². The maximum atomic E-state index is 3.75. The number of hydrogen-bond acceptors (Lipinski definition) is 3. The molecular weight excluding hydrogens is 240 g/mol. The van der Waals surface area contributed by atoms with E-state index in [2.05, 4.69) is 34.0 Å².